The minimum atomic E-state index is 0.434. The molecule has 0 saturated carbocycles. The number of piperidine rings is 1. The predicted molar refractivity (Wildman–Crippen MR) is 138 cm³/mol. The highest BCUT2D eigenvalue weighted by atomic mass is 32.1. The number of hydrogen-bond donors (Lipinski definition) is 0. The molecule has 0 spiro atoms. The number of nitrogens with zero attached hydrogens (tertiary/aromatic N) is 4. The fourth-order valence-corrected chi connectivity index (χ4v) is 5.41. The number of aliphatic imine (C=N–C) groups is 1. The number of benzene rings is 1. The second-order valence-corrected chi connectivity index (χ2v) is 9.83. The van der Waals surface area contributed by atoms with Crippen LogP contribution in [0.4, 0.5) is 5.69 Å². The zero-order chi connectivity index (χ0) is 23.5. The number of methoxy groups -OCH3 is 1. The molecule has 34 heavy (non-hydrogen) atoms. The van der Waals surface area contributed by atoms with Gasteiger partial charge in [0.1, 0.15) is 11.4 Å². The molecule has 0 atom stereocenters. The molecule has 2 aliphatic rings. The molecule has 7 heteroatoms. The van der Waals surface area contributed by atoms with Crippen molar-refractivity contribution in [3.05, 3.63) is 69.8 Å². The molecule has 1 aromatic carbocycles. The van der Waals surface area contributed by atoms with Crippen molar-refractivity contribution in [2.75, 3.05) is 20.2 Å². The molecule has 0 unspecified atom stereocenters. The number of amidine groups is 1. The van der Waals surface area contributed by atoms with E-state index in [2.05, 4.69) is 65.7 Å². The Labute approximate surface area is 204 Å². The summed E-state index contributed by atoms with van der Waals surface area (Å²) < 4.78 is 11.3. The van der Waals surface area contributed by atoms with E-state index in [1.165, 1.54) is 10.6 Å². The van der Waals surface area contributed by atoms with Crippen LogP contribution in [-0.2, 0) is 4.74 Å². The van der Waals surface area contributed by atoms with E-state index in [9.17, 15) is 0 Å². The third kappa shape index (κ3) is 4.85. The van der Waals surface area contributed by atoms with Crippen LogP contribution in [0.25, 0.3) is 17.0 Å². The molecule has 2 aromatic heterocycles. The van der Waals surface area contributed by atoms with Gasteiger partial charge in [0.15, 0.2) is 5.76 Å². The van der Waals surface area contributed by atoms with Gasteiger partial charge >= 0.3 is 0 Å². The number of rotatable bonds is 4. The van der Waals surface area contributed by atoms with Crippen LogP contribution in [0.3, 0.4) is 0 Å². The molecule has 176 valence electrons. The van der Waals surface area contributed by atoms with Crippen LogP contribution in [0.1, 0.15) is 53.5 Å². The molecule has 1 saturated heterocycles. The summed E-state index contributed by atoms with van der Waals surface area (Å²) >= 11 is 1.72. The maximum Gasteiger partial charge on any atom is 0.292 e. The predicted octanol–water partition coefficient (Wildman–Crippen LogP) is 6.66. The molecular formula is C27H30N4O2S. The fraction of sp³-hybridized carbons (Fsp3) is 0.370. The van der Waals surface area contributed by atoms with Crippen LogP contribution in [-0.4, -0.2) is 41.3 Å². The molecule has 0 bridgehead atoms. The molecule has 6 nitrogen and oxygen atoms in total. The Bertz CT molecular complexity index is 1250. The van der Waals surface area contributed by atoms with Gasteiger partial charge in [0.2, 0.25) is 0 Å². The normalized spacial score (nSPS) is 17.2. The number of thiazole rings is 1. The standard InChI is InChI=1S/C27H30N4O2S/c1-18-9-10-19(2)22(15-18)29-27(32-3)31-13-11-21(12-14-31)26-28-24(17-34-26)23-16-25(33-30-23)20-7-5-4-6-8-20/h5,7-10,15-17,21H,4,6,11-14H2,1-3H3. The van der Waals surface area contributed by atoms with Crippen LogP contribution in [0.15, 0.2) is 57.4 Å². The molecule has 1 aliphatic carbocycles. The molecule has 0 N–H and O–H groups in total. The Morgan fingerprint density at radius 3 is 2.76 bits per heavy atom. The molecule has 0 amide bonds. The molecule has 3 aromatic rings. The lowest BCUT2D eigenvalue weighted by atomic mass is 9.98. The minimum Gasteiger partial charge on any atom is -0.468 e. The van der Waals surface area contributed by atoms with Gasteiger partial charge in [-0.3, -0.25) is 0 Å². The second kappa shape index (κ2) is 9.97. The van der Waals surface area contributed by atoms with Crippen molar-refractivity contribution in [3.8, 4) is 11.4 Å². The Morgan fingerprint density at radius 2 is 2.00 bits per heavy atom. The van der Waals surface area contributed by atoms with Crippen molar-refractivity contribution >= 4 is 28.6 Å². The molecule has 1 aliphatic heterocycles. The lowest BCUT2D eigenvalue weighted by Crippen LogP contribution is -2.38. The summed E-state index contributed by atoms with van der Waals surface area (Å²) in [6, 6.07) is 9.01. The van der Waals surface area contributed by atoms with E-state index in [0.717, 1.165) is 72.7 Å². The smallest absolute Gasteiger partial charge is 0.292 e. The largest absolute Gasteiger partial charge is 0.468 e. The van der Waals surface area contributed by atoms with E-state index in [-0.39, 0.29) is 0 Å². The maximum absolute atomic E-state index is 5.68. The molecule has 1 fully saturated rings. The van der Waals surface area contributed by atoms with Crippen molar-refractivity contribution in [2.45, 2.75) is 45.4 Å². The lowest BCUT2D eigenvalue weighted by molar-refractivity contribution is 0.239. The van der Waals surface area contributed by atoms with E-state index in [4.69, 9.17) is 19.2 Å². The number of ether oxygens (including phenoxy) is 1. The minimum absolute atomic E-state index is 0.434. The van der Waals surface area contributed by atoms with Gasteiger partial charge < -0.3 is 14.2 Å². The monoisotopic (exact) mass is 474 g/mol. The van der Waals surface area contributed by atoms with Crippen molar-refractivity contribution in [2.24, 2.45) is 4.99 Å². The Balaban J connectivity index is 1.25. The lowest BCUT2D eigenvalue weighted by Gasteiger charge is -2.32. The van der Waals surface area contributed by atoms with Gasteiger partial charge in [-0.25, -0.2) is 4.98 Å². The first kappa shape index (κ1) is 22.6. The second-order valence-electron chi connectivity index (χ2n) is 8.94. The van der Waals surface area contributed by atoms with E-state index in [1.807, 2.05) is 6.07 Å². The van der Waals surface area contributed by atoms with Crippen LogP contribution in [0.2, 0.25) is 0 Å². The first-order chi connectivity index (χ1) is 16.6. The molecule has 0 radical (unpaired) electrons. The Morgan fingerprint density at radius 1 is 1.15 bits per heavy atom. The van der Waals surface area contributed by atoms with Crippen LogP contribution < -0.4 is 0 Å². The summed E-state index contributed by atoms with van der Waals surface area (Å²) in [7, 11) is 1.70. The summed E-state index contributed by atoms with van der Waals surface area (Å²) in [6.45, 7) is 5.96. The Hall–Kier alpha value is -3.19. The van der Waals surface area contributed by atoms with Gasteiger partial charge in [-0.2, -0.15) is 4.99 Å². The van der Waals surface area contributed by atoms with Gasteiger partial charge in [0, 0.05) is 36.0 Å². The topological polar surface area (TPSA) is 63.8 Å². The number of aryl methyl sites for hydroxylation is 2. The maximum atomic E-state index is 5.68. The average Bonchev–Trinajstić information content (AvgIpc) is 3.55. The van der Waals surface area contributed by atoms with E-state index >= 15 is 0 Å². The zero-order valence-electron chi connectivity index (χ0n) is 20.0. The number of aromatic nitrogens is 2. The third-order valence-electron chi connectivity index (χ3n) is 6.45. The van der Waals surface area contributed by atoms with Gasteiger partial charge in [-0.15, -0.1) is 11.3 Å². The quantitative estimate of drug-likeness (QED) is 0.312. The Kier molecular flexibility index (Phi) is 6.63. The van der Waals surface area contributed by atoms with Gasteiger partial charge in [-0.1, -0.05) is 35.5 Å². The van der Waals surface area contributed by atoms with Crippen LogP contribution in [0.5, 0.6) is 0 Å². The van der Waals surface area contributed by atoms with Gasteiger partial charge in [0.05, 0.1) is 17.8 Å². The summed E-state index contributed by atoms with van der Waals surface area (Å²) in [4.78, 5) is 12.0. The summed E-state index contributed by atoms with van der Waals surface area (Å²) in [5, 5.41) is 7.54. The molecule has 3 heterocycles. The van der Waals surface area contributed by atoms with Crippen molar-refractivity contribution in [1.29, 1.82) is 0 Å². The zero-order valence-corrected chi connectivity index (χ0v) is 20.8. The molecule has 5 rings (SSSR count). The van der Waals surface area contributed by atoms with Crippen molar-refractivity contribution in [3.63, 3.8) is 0 Å². The first-order valence-electron chi connectivity index (χ1n) is 11.8. The average molecular weight is 475 g/mol. The molecular weight excluding hydrogens is 444 g/mol. The van der Waals surface area contributed by atoms with Crippen molar-refractivity contribution in [1.82, 2.24) is 15.0 Å². The van der Waals surface area contributed by atoms with Crippen LogP contribution in [0, 0.1) is 13.8 Å². The van der Waals surface area contributed by atoms with E-state index < -0.39 is 0 Å². The summed E-state index contributed by atoms with van der Waals surface area (Å²) in [5.74, 6) is 1.24. The van der Waals surface area contributed by atoms with E-state index in [1.54, 1.807) is 18.4 Å². The van der Waals surface area contributed by atoms with E-state index in [0.29, 0.717) is 11.9 Å². The summed E-state index contributed by atoms with van der Waals surface area (Å²) in [5.41, 5.74) is 6.12. The first-order valence-corrected chi connectivity index (χ1v) is 12.7. The SMILES string of the molecule is COC(=Nc1cc(C)ccc1C)N1CCC(c2nc(-c3cc(C4=CCCC=C4)on3)cs2)CC1. The van der Waals surface area contributed by atoms with Crippen molar-refractivity contribution < 1.29 is 9.26 Å². The number of likely N-dealkylation sites (tertiary alicyclic amines) is 1. The van der Waals surface area contributed by atoms with Crippen LogP contribution >= 0.6 is 11.3 Å². The highest BCUT2D eigenvalue weighted by molar-refractivity contribution is 7.10. The van der Waals surface area contributed by atoms with Gasteiger partial charge in [0.25, 0.3) is 6.02 Å². The fourth-order valence-electron chi connectivity index (χ4n) is 4.43. The summed E-state index contributed by atoms with van der Waals surface area (Å²) in [6.07, 6.45) is 10.6. The number of hydrogen-bond acceptors (Lipinski definition) is 6. The number of allylic oxidation sites excluding steroid dienone is 4. The third-order valence-corrected chi connectivity index (χ3v) is 7.46. The highest BCUT2D eigenvalue weighted by Crippen LogP contribution is 2.34. The van der Waals surface area contributed by atoms with Gasteiger partial charge in [-0.05, 0) is 56.7 Å². The highest BCUT2D eigenvalue weighted by Gasteiger charge is 2.26.